The number of Topliss-reactive ketones (excluding diaryl/α,β-unsaturated/α-hetero) is 3. The number of nitrogens with one attached hydrogen (secondary N) is 3. The number of aromatic nitrogens is 7. The Hall–Kier alpha value is -13.1. The van der Waals surface area contributed by atoms with Crippen molar-refractivity contribution in [2.45, 2.75) is 284 Å². The van der Waals surface area contributed by atoms with Gasteiger partial charge in [0.1, 0.15) is 65.3 Å². The van der Waals surface area contributed by atoms with Crippen LogP contribution in [0.25, 0.3) is 32.8 Å². The van der Waals surface area contributed by atoms with Gasteiger partial charge >= 0.3 is 35.8 Å². The lowest BCUT2D eigenvalue weighted by atomic mass is 9.94. The number of hydrogen-bond donors (Lipinski definition) is 9. The minimum Gasteiger partial charge on any atom is -0.520 e. The third-order valence-corrected chi connectivity index (χ3v) is 27.6. The average molecular weight is 2140 g/mol. The SMILES string of the molecule is C#CCN(c1ccc(C(=O)N[C@@H](CCC(=O)C[C@H](CCC(=O)O[Si](C)(C)C)C(=O)O[Si](C)(C)C)C(=O)O[Si](C)(C)C)cc1)[C@H]1CCc2cc3nc(CO)[nH]c(=O)c3cc21.C#CCN(c1ccc(C(=O)On2nnc3ccccc32)cc1)[C@H]1CCc2cc3nc(CO)[nH]c(=O)c3cc21.C[C@@H](CCC(=O)C[C@H](CCC(=O)O)C(=O)O)C(=O)O.C[Si](C)(C)OC(=O)CC[C@@H](CC(=O)CC[C@H](N)C(=O)O[Si](C)(C)C)C(=O)O[Si](C)(C)C. The number of terminal acetylenes is 2. The van der Waals surface area contributed by atoms with Gasteiger partial charge in [-0.05, 0) is 294 Å². The van der Waals surface area contributed by atoms with Gasteiger partial charge in [0.25, 0.3) is 40.9 Å². The highest BCUT2D eigenvalue weighted by Gasteiger charge is 2.38. The number of anilines is 2. The molecular formula is C102H139N11O28Si6. The van der Waals surface area contributed by atoms with Crippen LogP contribution in [0.4, 0.5) is 11.4 Å². The standard InChI is InChI=1S/C42H58N4O10Si3.C28H22N6O4.C20H41NO7Si3.C12H18O7/c1-11-22-46(36-20-14-28-24-35-33(25-32(28)36)40(51)45-37(26-47)43-35)30-16-12-27(13-17-30)39(50)44-34(42(53)56-59(8,9)10)19-18-31(48)23-29(41(52)55-58(5,6)7)15-21-38(49)54-57(2,3)4;1-2-13-33(24-12-9-18-14-23-21(15-20(18)24)27(36)30-26(16-35)29-23)19-10-7-17(8-11-19)28(37)38-34-25-6-4-3-5-22(25)31-32-34;1-29(2,3)26-18(23)13-10-15(19(24)27-30(4,5)6)14-16(22)11-12-17(21)20(25)28-31(7,8)9;1-7(11(16)17)2-4-9(13)6-8(12(18)19)3-5-10(14)15/h1,12-13,16-17,24-25,29,34,36,47H,14-15,18-23,26H2,2-10H3,(H,44,50)(H,43,45,51);1,3-8,10-11,14-15,24,35H,9,12-13,16H2,(H,29,30,36);15,17H,10-14,21H2,1-9H3;7-8H,2-6H2,1H3,(H,14,15)(H,16,17)(H,18,19)/t29-,34-,36-;24-;15-,17-;7-,8-/m0000/s1. The first-order valence-corrected chi connectivity index (χ1v) is 69.1. The van der Waals surface area contributed by atoms with E-state index in [9.17, 15) is 86.9 Å². The molecule has 0 bridgehead atoms. The van der Waals surface area contributed by atoms with Crippen molar-refractivity contribution in [2.24, 2.45) is 29.4 Å². The highest BCUT2D eigenvalue weighted by atomic mass is 28.4. The second-order valence-corrected chi connectivity index (χ2v) is 68.7. The summed E-state index contributed by atoms with van der Waals surface area (Å²) in [5.74, 6) is -5.66. The molecule has 0 aliphatic heterocycles. The van der Waals surface area contributed by atoms with Gasteiger partial charge in [0.2, 0.25) is 49.9 Å². The van der Waals surface area contributed by atoms with Crippen LogP contribution in [0, 0.1) is 48.4 Å². The highest BCUT2D eigenvalue weighted by molar-refractivity contribution is 6.73. The van der Waals surface area contributed by atoms with E-state index in [2.05, 4.69) is 52.3 Å². The molecule has 2 aliphatic carbocycles. The average Bonchev–Trinajstić information content (AvgIpc) is 1.64. The van der Waals surface area contributed by atoms with Crippen LogP contribution in [0.3, 0.4) is 0 Å². The van der Waals surface area contributed by atoms with Crippen molar-refractivity contribution < 1.29 is 124 Å². The maximum absolute atomic E-state index is 13.7. The summed E-state index contributed by atoms with van der Waals surface area (Å²) in [6, 6.07) is 26.3. The smallest absolute Gasteiger partial charge is 0.365 e. The summed E-state index contributed by atoms with van der Waals surface area (Å²) in [5, 5.41) is 56.4. The van der Waals surface area contributed by atoms with Crippen LogP contribution < -0.4 is 36.8 Å². The molecular weight excluding hydrogens is 2000 g/mol. The Morgan fingerprint density at radius 1 is 0.476 bits per heavy atom. The van der Waals surface area contributed by atoms with Gasteiger partial charge in [-0.2, -0.15) is 0 Å². The number of nitrogens with zero attached hydrogens (tertiary/aromatic N) is 7. The number of carboxylic acids is 3. The van der Waals surface area contributed by atoms with E-state index in [-0.39, 0.29) is 180 Å². The summed E-state index contributed by atoms with van der Waals surface area (Å²) in [7, 11) is -13.1. The minimum atomic E-state index is -2.40. The molecule has 794 valence electrons. The Bertz CT molecular complexity index is 6300. The van der Waals surface area contributed by atoms with Crippen LogP contribution >= 0.6 is 0 Å². The predicted octanol–water partition coefficient (Wildman–Crippen LogP) is 13.1. The maximum Gasteiger partial charge on any atom is 0.365 e. The minimum absolute atomic E-state index is 0.00961. The van der Waals surface area contributed by atoms with E-state index >= 15 is 0 Å². The molecule has 39 nitrogen and oxygen atoms in total. The Morgan fingerprint density at radius 3 is 1.28 bits per heavy atom. The number of aromatic amines is 2. The van der Waals surface area contributed by atoms with Crippen LogP contribution in [0.15, 0.2) is 107 Å². The molecule has 0 fully saturated rings. The van der Waals surface area contributed by atoms with Gasteiger partial charge in [-0.3, -0.25) is 71.9 Å². The maximum atomic E-state index is 13.7. The first kappa shape index (κ1) is 121. The molecule has 1 amide bonds. The summed E-state index contributed by atoms with van der Waals surface area (Å²) in [5.41, 5.74) is 13.8. The number of aliphatic hydroxyl groups is 2. The highest BCUT2D eigenvalue weighted by Crippen LogP contribution is 2.42. The zero-order valence-electron chi connectivity index (χ0n) is 87.1. The summed E-state index contributed by atoms with van der Waals surface area (Å²) in [4.78, 5) is 221. The van der Waals surface area contributed by atoms with Crippen molar-refractivity contribution in [3.63, 3.8) is 0 Å². The molecule has 2 aliphatic rings. The molecule has 0 saturated heterocycles. The van der Waals surface area contributed by atoms with E-state index in [4.69, 9.17) is 65.3 Å². The Labute approximate surface area is 860 Å². The van der Waals surface area contributed by atoms with E-state index in [0.29, 0.717) is 44.9 Å². The fraction of sp³-hybridized carbons (Fsp3) is 0.490. The molecule has 147 heavy (non-hydrogen) atoms. The number of rotatable bonds is 48. The molecule has 0 saturated carbocycles. The van der Waals surface area contributed by atoms with Crippen LogP contribution in [0.2, 0.25) is 118 Å². The molecule has 8 atom stereocenters. The van der Waals surface area contributed by atoms with E-state index in [1.54, 1.807) is 48.5 Å². The van der Waals surface area contributed by atoms with E-state index in [1.807, 2.05) is 171 Å². The number of ketones is 3. The number of para-hydroxylation sites is 1. The van der Waals surface area contributed by atoms with Crippen LogP contribution in [0.5, 0.6) is 0 Å². The first-order chi connectivity index (χ1) is 68.5. The number of fused-ring (bicyclic) bond motifs is 5. The topological polar surface area (TPSA) is 571 Å². The number of nitrogens with two attached hydrogens (primary N) is 1. The quantitative estimate of drug-likeness (QED) is 0.00971. The summed E-state index contributed by atoms with van der Waals surface area (Å²) in [6.45, 7) is 35.1. The monoisotopic (exact) mass is 2130 g/mol. The molecule has 0 spiro atoms. The van der Waals surface area contributed by atoms with Gasteiger partial charge in [0, 0.05) is 74.7 Å². The van der Waals surface area contributed by atoms with Crippen LogP contribution in [0.1, 0.15) is 183 Å². The van der Waals surface area contributed by atoms with Gasteiger partial charge in [0.05, 0.1) is 76.2 Å². The molecule has 0 radical (unpaired) electrons. The lowest BCUT2D eigenvalue weighted by molar-refractivity contribution is -0.146. The number of aliphatic carboxylic acids is 3. The molecule has 3 heterocycles. The van der Waals surface area contributed by atoms with Crippen molar-refractivity contribution in [3.05, 3.63) is 163 Å². The first-order valence-electron chi connectivity index (χ1n) is 48.7. The summed E-state index contributed by atoms with van der Waals surface area (Å²) < 4.78 is 33.3. The Kier molecular flexibility index (Phi) is 44.4. The number of carboxylic acid groups (broad SMARTS) is 3. The molecule has 8 aromatic rings. The lowest BCUT2D eigenvalue weighted by Gasteiger charge is -2.30. The van der Waals surface area contributed by atoms with E-state index in [1.165, 1.54) is 6.92 Å². The molecule has 5 aromatic carbocycles. The number of benzene rings is 5. The third kappa shape index (κ3) is 39.9. The van der Waals surface area contributed by atoms with Crippen LogP contribution in [-0.4, -0.2) is 219 Å². The van der Waals surface area contributed by atoms with Gasteiger partial charge in [0.15, 0.2) is 0 Å². The zero-order valence-corrected chi connectivity index (χ0v) is 93.1. The number of aryl methyl sites for hydroxylation is 2. The molecule has 0 unspecified atom stereocenters. The number of aliphatic hydroxyl groups excluding tert-OH is 2. The van der Waals surface area contributed by atoms with E-state index < -0.39 is 145 Å². The van der Waals surface area contributed by atoms with Crippen molar-refractivity contribution in [2.75, 3.05) is 22.9 Å². The van der Waals surface area contributed by atoms with Crippen molar-refractivity contribution in [3.8, 4) is 24.7 Å². The van der Waals surface area contributed by atoms with E-state index in [0.717, 1.165) is 64.2 Å². The third-order valence-electron chi connectivity index (χ3n) is 22.7. The number of H-pyrrole nitrogens is 2. The number of carbonyl (C=O) groups excluding carboxylic acids is 11. The van der Waals surface area contributed by atoms with Gasteiger partial charge in [-0.1, -0.05) is 35.7 Å². The van der Waals surface area contributed by atoms with Crippen molar-refractivity contribution in [1.82, 2.24) is 40.4 Å². The number of carbonyl (C=O) groups is 14. The Morgan fingerprint density at radius 2 is 0.871 bits per heavy atom. The largest absolute Gasteiger partial charge is 0.520 e. The molecule has 10 N–H and O–H groups in total. The molecule has 3 aromatic heterocycles. The van der Waals surface area contributed by atoms with Crippen molar-refractivity contribution in [1.29, 1.82) is 0 Å². The number of amides is 1. The number of hydrogen-bond acceptors (Lipinski definition) is 32. The van der Waals surface area contributed by atoms with Crippen molar-refractivity contribution >= 4 is 177 Å². The summed E-state index contributed by atoms with van der Waals surface area (Å²) >= 11 is 0. The summed E-state index contributed by atoms with van der Waals surface area (Å²) in [6.07, 6.45) is 14.1. The van der Waals surface area contributed by atoms with Crippen LogP contribution in [-0.2, 0) is 110 Å². The fourth-order valence-electron chi connectivity index (χ4n) is 15.9. The molecule has 45 heteroatoms. The predicted molar refractivity (Wildman–Crippen MR) is 565 cm³/mol. The second-order valence-electron chi connectivity index (χ2n) is 42.1. The zero-order chi connectivity index (χ0) is 110. The normalized spacial score (nSPS) is 14.5. The van der Waals surface area contributed by atoms with Gasteiger partial charge < -0.3 is 87.7 Å². The molecule has 10 rings (SSSR count). The second kappa shape index (κ2) is 54.0. The Balaban J connectivity index is 0.000000287. The van der Waals surface area contributed by atoms with Gasteiger partial charge in [-0.15, -0.1) is 17.9 Å². The van der Waals surface area contributed by atoms with Gasteiger partial charge in [-0.25, -0.2) is 14.8 Å². The fourth-order valence-corrected chi connectivity index (χ4v) is 20.5. The lowest BCUT2D eigenvalue weighted by Crippen LogP contribution is -2.45.